The summed E-state index contributed by atoms with van der Waals surface area (Å²) >= 11 is 0. The zero-order valence-corrected chi connectivity index (χ0v) is 3.65. The average Bonchev–Trinajstić information content (AvgIpc) is 1.35. The van der Waals surface area contributed by atoms with Crippen molar-refractivity contribution in [2.24, 2.45) is 0 Å². The van der Waals surface area contributed by atoms with Crippen LogP contribution in [-0.2, 0) is 0 Å². The highest BCUT2D eigenvalue weighted by atomic mass is 16.2. The predicted octanol–water partition coefficient (Wildman–Crippen LogP) is 0.896. The Labute approximate surface area is 37.3 Å². The SMILES string of the molecule is C=C(C)C#CO. The molecular formula is C5H6O. The minimum absolute atomic E-state index is 0.678. The first-order valence-electron chi connectivity index (χ1n) is 1.58. The molecule has 0 aromatic carbocycles. The van der Waals surface area contributed by atoms with E-state index >= 15 is 0 Å². The van der Waals surface area contributed by atoms with E-state index in [1.165, 1.54) is 0 Å². The Kier molecular flexibility index (Phi) is 1.99. The summed E-state index contributed by atoms with van der Waals surface area (Å²) in [6.45, 7) is 5.14. The second-order valence-electron chi connectivity index (χ2n) is 1.02. The summed E-state index contributed by atoms with van der Waals surface area (Å²) in [5.74, 6) is 2.32. The number of aliphatic hydroxyl groups excluding tert-OH is 1. The standard InChI is InChI=1S/C5H6O/c1-5(2)3-4-6/h6H,1H2,2H3. The minimum atomic E-state index is 0.678. The summed E-state index contributed by atoms with van der Waals surface area (Å²) in [6, 6.07) is 0. The first-order valence-corrected chi connectivity index (χ1v) is 1.58. The molecular weight excluding hydrogens is 76.1 g/mol. The maximum absolute atomic E-state index is 7.81. The minimum Gasteiger partial charge on any atom is -0.462 e. The van der Waals surface area contributed by atoms with Gasteiger partial charge in [0.2, 0.25) is 0 Å². The lowest BCUT2D eigenvalue weighted by Gasteiger charge is -1.68. The number of rotatable bonds is 0. The molecule has 0 aromatic heterocycles. The number of allylic oxidation sites excluding steroid dienone is 1. The molecule has 0 radical (unpaired) electrons. The molecule has 0 saturated heterocycles. The van der Waals surface area contributed by atoms with E-state index in [1.807, 2.05) is 0 Å². The second-order valence-corrected chi connectivity index (χ2v) is 1.02. The molecule has 0 saturated carbocycles. The summed E-state index contributed by atoms with van der Waals surface area (Å²) in [5, 5.41) is 7.81. The highest BCUT2D eigenvalue weighted by Crippen LogP contribution is 1.76. The van der Waals surface area contributed by atoms with Crippen molar-refractivity contribution in [3.8, 4) is 12.0 Å². The Morgan fingerprint density at radius 2 is 2.33 bits per heavy atom. The Hall–Kier alpha value is -0.900. The van der Waals surface area contributed by atoms with Crippen LogP contribution in [-0.4, -0.2) is 5.11 Å². The van der Waals surface area contributed by atoms with Gasteiger partial charge in [-0.15, -0.1) is 0 Å². The van der Waals surface area contributed by atoms with Crippen LogP contribution in [0.2, 0.25) is 0 Å². The average molecular weight is 82.1 g/mol. The highest BCUT2D eigenvalue weighted by Gasteiger charge is 1.63. The van der Waals surface area contributed by atoms with Gasteiger partial charge in [0.1, 0.15) is 6.11 Å². The van der Waals surface area contributed by atoms with E-state index in [4.69, 9.17) is 5.11 Å². The lowest BCUT2D eigenvalue weighted by molar-refractivity contribution is 0.517. The van der Waals surface area contributed by atoms with Gasteiger partial charge < -0.3 is 5.11 Å². The highest BCUT2D eigenvalue weighted by molar-refractivity contribution is 5.19. The van der Waals surface area contributed by atoms with E-state index < -0.39 is 0 Å². The lowest BCUT2D eigenvalue weighted by atomic mass is 10.4. The van der Waals surface area contributed by atoms with Crippen molar-refractivity contribution in [1.29, 1.82) is 0 Å². The maximum Gasteiger partial charge on any atom is 0.112 e. The van der Waals surface area contributed by atoms with Crippen LogP contribution in [0.1, 0.15) is 6.92 Å². The van der Waals surface area contributed by atoms with E-state index in [2.05, 4.69) is 12.5 Å². The molecule has 0 amide bonds. The van der Waals surface area contributed by atoms with Crippen molar-refractivity contribution in [2.75, 3.05) is 0 Å². The Morgan fingerprint density at radius 1 is 1.83 bits per heavy atom. The number of hydrogen-bond donors (Lipinski definition) is 1. The second kappa shape index (κ2) is 2.34. The van der Waals surface area contributed by atoms with Gasteiger partial charge in [-0.05, 0) is 18.4 Å². The summed E-state index contributed by atoms with van der Waals surface area (Å²) in [4.78, 5) is 0. The van der Waals surface area contributed by atoms with E-state index in [1.54, 1.807) is 13.0 Å². The normalized spacial score (nSPS) is 5.50. The third-order valence-corrected chi connectivity index (χ3v) is 0.269. The van der Waals surface area contributed by atoms with Crippen molar-refractivity contribution in [3.63, 3.8) is 0 Å². The van der Waals surface area contributed by atoms with Gasteiger partial charge in [-0.25, -0.2) is 0 Å². The van der Waals surface area contributed by atoms with Crippen LogP contribution in [0.5, 0.6) is 0 Å². The van der Waals surface area contributed by atoms with E-state index in [9.17, 15) is 0 Å². The van der Waals surface area contributed by atoms with Gasteiger partial charge in [-0.1, -0.05) is 6.58 Å². The smallest absolute Gasteiger partial charge is 0.112 e. The summed E-state index contributed by atoms with van der Waals surface area (Å²) in [5.41, 5.74) is 0.678. The molecule has 0 spiro atoms. The van der Waals surface area contributed by atoms with Crippen LogP contribution in [0.4, 0.5) is 0 Å². The lowest BCUT2D eigenvalue weighted by Crippen LogP contribution is -1.58. The fourth-order valence-corrected chi connectivity index (χ4v) is 0.0954. The predicted molar refractivity (Wildman–Crippen MR) is 24.5 cm³/mol. The molecule has 0 bridgehead atoms. The van der Waals surface area contributed by atoms with Gasteiger partial charge in [0.05, 0.1) is 0 Å². The number of aliphatic hydroxyl groups is 1. The Morgan fingerprint density at radius 3 is 2.33 bits per heavy atom. The van der Waals surface area contributed by atoms with Crippen molar-refractivity contribution < 1.29 is 5.11 Å². The molecule has 0 aliphatic carbocycles. The molecule has 0 fully saturated rings. The van der Waals surface area contributed by atoms with Crippen LogP contribution in [0.15, 0.2) is 12.2 Å². The summed E-state index contributed by atoms with van der Waals surface area (Å²) in [7, 11) is 0. The molecule has 0 heterocycles. The first kappa shape index (κ1) is 5.10. The topological polar surface area (TPSA) is 20.2 Å². The van der Waals surface area contributed by atoms with Crippen LogP contribution in [0.3, 0.4) is 0 Å². The van der Waals surface area contributed by atoms with Crippen molar-refractivity contribution in [2.45, 2.75) is 6.92 Å². The monoisotopic (exact) mass is 82.0 g/mol. The van der Waals surface area contributed by atoms with Crippen LogP contribution < -0.4 is 0 Å². The molecule has 0 aliphatic heterocycles. The zero-order valence-electron chi connectivity index (χ0n) is 3.65. The maximum atomic E-state index is 7.81. The van der Waals surface area contributed by atoms with Gasteiger partial charge in [-0.2, -0.15) is 0 Å². The Balaban J connectivity index is 3.50. The summed E-state index contributed by atoms with van der Waals surface area (Å²) in [6.07, 6.45) is 1.72. The molecule has 0 unspecified atom stereocenters. The third kappa shape index (κ3) is 3.10. The number of hydrogen-bond acceptors (Lipinski definition) is 1. The van der Waals surface area contributed by atoms with Crippen LogP contribution >= 0.6 is 0 Å². The molecule has 1 nitrogen and oxygen atoms in total. The van der Waals surface area contributed by atoms with E-state index in [-0.39, 0.29) is 0 Å². The van der Waals surface area contributed by atoms with Crippen molar-refractivity contribution >= 4 is 0 Å². The largest absolute Gasteiger partial charge is 0.462 e. The van der Waals surface area contributed by atoms with Gasteiger partial charge in [-0.3, -0.25) is 0 Å². The molecule has 6 heavy (non-hydrogen) atoms. The van der Waals surface area contributed by atoms with Crippen molar-refractivity contribution in [3.05, 3.63) is 12.2 Å². The van der Waals surface area contributed by atoms with E-state index in [0.717, 1.165) is 0 Å². The van der Waals surface area contributed by atoms with Gasteiger partial charge in [0.15, 0.2) is 0 Å². The molecule has 1 N–H and O–H groups in total. The quantitative estimate of drug-likeness (QED) is 0.430. The molecule has 0 rings (SSSR count). The molecule has 0 aromatic rings. The van der Waals surface area contributed by atoms with Crippen LogP contribution in [0, 0.1) is 12.0 Å². The molecule has 0 atom stereocenters. The zero-order chi connectivity index (χ0) is 4.99. The third-order valence-electron chi connectivity index (χ3n) is 0.269. The fraction of sp³-hybridized carbons (Fsp3) is 0.200. The first-order chi connectivity index (χ1) is 2.77. The van der Waals surface area contributed by atoms with Gasteiger partial charge in [0.25, 0.3) is 0 Å². The van der Waals surface area contributed by atoms with Crippen molar-refractivity contribution in [1.82, 2.24) is 0 Å². The summed E-state index contributed by atoms with van der Waals surface area (Å²) < 4.78 is 0. The van der Waals surface area contributed by atoms with Gasteiger partial charge in [0, 0.05) is 0 Å². The van der Waals surface area contributed by atoms with Gasteiger partial charge >= 0.3 is 0 Å². The Bertz CT molecular complexity index is 103. The molecule has 1 heteroatoms. The van der Waals surface area contributed by atoms with Crippen LogP contribution in [0.25, 0.3) is 0 Å². The van der Waals surface area contributed by atoms with E-state index in [0.29, 0.717) is 5.57 Å². The molecule has 32 valence electrons. The molecule has 0 aliphatic rings. The fourth-order valence-electron chi connectivity index (χ4n) is 0.0954.